The number of carbonyl (C=O) groups is 2. The standard InChI is InChI=1S/C23H13N5O4/c29-12-14-4-1-8-18(26-14)22-24-10-20(31-22)16-6-3-7-17(28-16)21-11-25-23(32-21)19-9-2-5-15(13-30)27-19/h1-13H. The maximum atomic E-state index is 11.0. The highest BCUT2D eigenvalue weighted by Crippen LogP contribution is 2.28. The van der Waals surface area contributed by atoms with E-state index in [1.165, 1.54) is 12.4 Å². The molecule has 0 atom stereocenters. The number of aldehydes is 2. The van der Waals surface area contributed by atoms with Gasteiger partial charge in [0.1, 0.15) is 34.2 Å². The van der Waals surface area contributed by atoms with E-state index in [0.717, 1.165) is 0 Å². The van der Waals surface area contributed by atoms with Crippen molar-refractivity contribution < 1.29 is 18.4 Å². The number of aromatic nitrogens is 5. The summed E-state index contributed by atoms with van der Waals surface area (Å²) in [6.45, 7) is 0. The molecular formula is C23H13N5O4. The van der Waals surface area contributed by atoms with Gasteiger partial charge in [0.05, 0.1) is 12.4 Å². The molecule has 5 rings (SSSR count). The molecule has 154 valence electrons. The van der Waals surface area contributed by atoms with Gasteiger partial charge in [-0.25, -0.2) is 24.9 Å². The Balaban J connectivity index is 1.44. The van der Waals surface area contributed by atoms with E-state index in [4.69, 9.17) is 8.83 Å². The van der Waals surface area contributed by atoms with Crippen LogP contribution in [0.25, 0.3) is 46.1 Å². The molecule has 0 amide bonds. The zero-order valence-corrected chi connectivity index (χ0v) is 16.4. The molecule has 5 aromatic rings. The molecule has 0 radical (unpaired) electrons. The lowest BCUT2D eigenvalue weighted by molar-refractivity contribution is 0.111. The number of rotatable bonds is 6. The summed E-state index contributed by atoms with van der Waals surface area (Å²) in [5.74, 6) is 1.42. The highest BCUT2D eigenvalue weighted by Gasteiger charge is 2.15. The van der Waals surface area contributed by atoms with Crippen LogP contribution in [0.5, 0.6) is 0 Å². The first-order valence-electron chi connectivity index (χ1n) is 9.48. The second-order valence-electron chi connectivity index (χ2n) is 6.60. The molecule has 9 heteroatoms. The Labute approximate surface area is 180 Å². The van der Waals surface area contributed by atoms with E-state index in [1.54, 1.807) is 54.6 Å². The van der Waals surface area contributed by atoms with Crippen molar-refractivity contribution in [2.75, 3.05) is 0 Å². The van der Waals surface area contributed by atoms with Crippen molar-refractivity contribution in [1.29, 1.82) is 0 Å². The second kappa shape index (κ2) is 8.15. The molecule has 0 bridgehead atoms. The number of hydrogen-bond acceptors (Lipinski definition) is 9. The first-order valence-corrected chi connectivity index (χ1v) is 9.48. The average Bonchev–Trinajstić information content (AvgIpc) is 3.55. The number of hydrogen-bond donors (Lipinski definition) is 0. The Kier molecular flexibility index (Phi) is 4.89. The highest BCUT2D eigenvalue weighted by molar-refractivity contribution is 5.73. The van der Waals surface area contributed by atoms with Crippen molar-refractivity contribution in [2.45, 2.75) is 0 Å². The average molecular weight is 423 g/mol. The molecule has 0 spiro atoms. The maximum Gasteiger partial charge on any atom is 0.245 e. The third-order valence-electron chi connectivity index (χ3n) is 4.49. The largest absolute Gasteiger partial charge is 0.433 e. The minimum absolute atomic E-state index is 0.277. The second-order valence-corrected chi connectivity index (χ2v) is 6.60. The summed E-state index contributed by atoms with van der Waals surface area (Å²) in [4.78, 5) is 43.3. The van der Waals surface area contributed by atoms with Gasteiger partial charge in [-0.3, -0.25) is 9.59 Å². The van der Waals surface area contributed by atoms with Crippen LogP contribution >= 0.6 is 0 Å². The van der Waals surface area contributed by atoms with E-state index in [2.05, 4.69) is 24.9 Å². The SMILES string of the molecule is O=Cc1cccc(-c2ncc(-c3cccc(-c4cnc(-c5cccc(C=O)n5)o4)n3)o2)n1. The Morgan fingerprint density at radius 3 is 1.47 bits per heavy atom. The number of carbonyl (C=O) groups excluding carboxylic acids is 2. The van der Waals surface area contributed by atoms with Gasteiger partial charge in [0, 0.05) is 0 Å². The summed E-state index contributed by atoms with van der Waals surface area (Å²) < 4.78 is 11.6. The van der Waals surface area contributed by atoms with Crippen molar-refractivity contribution in [3.05, 3.63) is 78.4 Å². The Morgan fingerprint density at radius 1 is 0.562 bits per heavy atom. The number of nitrogens with zero attached hydrogens (tertiary/aromatic N) is 5. The van der Waals surface area contributed by atoms with Gasteiger partial charge in [0.15, 0.2) is 24.1 Å². The predicted molar refractivity (Wildman–Crippen MR) is 112 cm³/mol. The van der Waals surface area contributed by atoms with Crippen LogP contribution in [0, 0.1) is 0 Å². The molecule has 5 aromatic heterocycles. The highest BCUT2D eigenvalue weighted by atomic mass is 16.4. The molecule has 0 aliphatic rings. The van der Waals surface area contributed by atoms with E-state index in [0.29, 0.717) is 46.9 Å². The molecule has 0 fully saturated rings. The molecule has 0 unspecified atom stereocenters. The zero-order chi connectivity index (χ0) is 21.9. The fourth-order valence-electron chi connectivity index (χ4n) is 3.00. The Hall–Kier alpha value is -4.79. The molecule has 0 saturated carbocycles. The van der Waals surface area contributed by atoms with E-state index in [9.17, 15) is 9.59 Å². The molecule has 32 heavy (non-hydrogen) atoms. The van der Waals surface area contributed by atoms with Gasteiger partial charge in [-0.1, -0.05) is 18.2 Å². The smallest absolute Gasteiger partial charge is 0.245 e. The number of oxazole rings is 2. The minimum Gasteiger partial charge on any atom is -0.433 e. The van der Waals surface area contributed by atoms with Crippen molar-refractivity contribution in [1.82, 2.24) is 24.9 Å². The van der Waals surface area contributed by atoms with Crippen molar-refractivity contribution in [3.8, 4) is 46.1 Å². The van der Waals surface area contributed by atoms with E-state index in [1.807, 2.05) is 0 Å². The topological polar surface area (TPSA) is 125 Å². The lowest BCUT2D eigenvalue weighted by atomic mass is 10.2. The molecule has 0 saturated heterocycles. The first kappa shape index (κ1) is 19.2. The maximum absolute atomic E-state index is 11.0. The third kappa shape index (κ3) is 3.70. The molecule has 0 aromatic carbocycles. The molecule has 0 N–H and O–H groups in total. The molecule has 9 nitrogen and oxygen atoms in total. The number of pyridine rings is 3. The van der Waals surface area contributed by atoms with Crippen LogP contribution < -0.4 is 0 Å². The van der Waals surface area contributed by atoms with Gasteiger partial charge in [0.2, 0.25) is 11.8 Å². The van der Waals surface area contributed by atoms with E-state index < -0.39 is 0 Å². The molecule has 0 aliphatic carbocycles. The van der Waals surface area contributed by atoms with E-state index >= 15 is 0 Å². The monoisotopic (exact) mass is 423 g/mol. The van der Waals surface area contributed by atoms with Gasteiger partial charge in [-0.15, -0.1) is 0 Å². The van der Waals surface area contributed by atoms with Gasteiger partial charge in [-0.2, -0.15) is 0 Å². The summed E-state index contributed by atoms with van der Waals surface area (Å²) in [5.41, 5.74) is 2.54. The summed E-state index contributed by atoms with van der Waals surface area (Å²) in [6.07, 6.45) is 4.40. The molecule has 0 aliphatic heterocycles. The fraction of sp³-hybridized carbons (Fsp3) is 0. The van der Waals surface area contributed by atoms with Gasteiger partial charge in [0.25, 0.3) is 0 Å². The predicted octanol–water partition coefficient (Wildman–Crippen LogP) is 4.14. The van der Waals surface area contributed by atoms with Gasteiger partial charge in [-0.05, 0) is 36.4 Å². The minimum atomic E-state index is 0.277. The van der Waals surface area contributed by atoms with Crippen LogP contribution in [0.15, 0.2) is 75.8 Å². The van der Waals surface area contributed by atoms with Crippen molar-refractivity contribution >= 4 is 12.6 Å². The normalized spacial score (nSPS) is 10.8. The lowest BCUT2D eigenvalue weighted by Gasteiger charge is -2.00. The quantitative estimate of drug-likeness (QED) is 0.370. The lowest BCUT2D eigenvalue weighted by Crippen LogP contribution is -1.89. The zero-order valence-electron chi connectivity index (χ0n) is 16.4. The Bertz CT molecular complexity index is 1330. The van der Waals surface area contributed by atoms with Crippen molar-refractivity contribution in [3.63, 3.8) is 0 Å². The van der Waals surface area contributed by atoms with Crippen LogP contribution in [0.1, 0.15) is 21.0 Å². The molecule has 5 heterocycles. The fourth-order valence-corrected chi connectivity index (χ4v) is 3.00. The van der Waals surface area contributed by atoms with Crippen LogP contribution in [-0.2, 0) is 0 Å². The first-order chi connectivity index (χ1) is 15.7. The summed E-state index contributed by atoms with van der Waals surface area (Å²) >= 11 is 0. The van der Waals surface area contributed by atoms with Crippen molar-refractivity contribution in [2.24, 2.45) is 0 Å². The van der Waals surface area contributed by atoms with Gasteiger partial charge < -0.3 is 8.83 Å². The summed E-state index contributed by atoms with van der Waals surface area (Å²) in [6, 6.07) is 15.4. The van der Waals surface area contributed by atoms with Crippen LogP contribution in [-0.4, -0.2) is 37.5 Å². The van der Waals surface area contributed by atoms with Crippen LogP contribution in [0.4, 0.5) is 0 Å². The van der Waals surface area contributed by atoms with Crippen LogP contribution in [0.2, 0.25) is 0 Å². The summed E-state index contributed by atoms with van der Waals surface area (Å²) in [5, 5.41) is 0. The summed E-state index contributed by atoms with van der Waals surface area (Å²) in [7, 11) is 0. The molecular weight excluding hydrogens is 410 g/mol. The van der Waals surface area contributed by atoms with Gasteiger partial charge >= 0.3 is 0 Å². The van der Waals surface area contributed by atoms with E-state index in [-0.39, 0.29) is 23.2 Å². The Morgan fingerprint density at radius 2 is 1.00 bits per heavy atom. The van der Waals surface area contributed by atoms with Crippen LogP contribution in [0.3, 0.4) is 0 Å². The third-order valence-corrected chi connectivity index (χ3v) is 4.49.